The van der Waals surface area contributed by atoms with Crippen molar-refractivity contribution in [1.29, 1.82) is 0 Å². The highest BCUT2D eigenvalue weighted by Crippen LogP contribution is 2.40. The number of aromatic amines is 1. The topological polar surface area (TPSA) is 79.2 Å². The molecule has 0 bridgehead atoms. The van der Waals surface area contributed by atoms with Gasteiger partial charge in [0, 0.05) is 41.2 Å². The van der Waals surface area contributed by atoms with E-state index in [4.69, 9.17) is 5.73 Å². The summed E-state index contributed by atoms with van der Waals surface area (Å²) in [5, 5.41) is 1.08. The highest BCUT2D eigenvalue weighted by atomic mass is 16.2. The van der Waals surface area contributed by atoms with E-state index in [2.05, 4.69) is 4.98 Å². The minimum atomic E-state index is -0.406. The van der Waals surface area contributed by atoms with Crippen LogP contribution in [0.2, 0.25) is 0 Å². The summed E-state index contributed by atoms with van der Waals surface area (Å²) in [6.45, 7) is 0.313. The molecule has 2 aromatic carbocycles. The first kappa shape index (κ1) is 14.5. The zero-order valence-electron chi connectivity index (χ0n) is 13.0. The number of benzene rings is 2. The summed E-state index contributed by atoms with van der Waals surface area (Å²) in [7, 11) is 0. The van der Waals surface area contributed by atoms with Gasteiger partial charge in [0.2, 0.25) is 5.91 Å². The Morgan fingerprint density at radius 3 is 2.67 bits per heavy atom. The van der Waals surface area contributed by atoms with E-state index in [-0.39, 0.29) is 18.4 Å². The number of nitrogens with two attached hydrogens (primary N) is 1. The second-order valence-corrected chi connectivity index (χ2v) is 5.99. The van der Waals surface area contributed by atoms with E-state index >= 15 is 0 Å². The molecule has 3 aromatic rings. The van der Waals surface area contributed by atoms with Crippen LogP contribution in [0.15, 0.2) is 54.7 Å². The number of carbonyl (C=O) groups excluding carboxylic acids is 2. The van der Waals surface area contributed by atoms with E-state index in [1.54, 1.807) is 4.90 Å². The fourth-order valence-corrected chi connectivity index (χ4v) is 3.49. The lowest BCUT2D eigenvalue weighted by Gasteiger charge is -2.25. The molecule has 0 spiro atoms. The van der Waals surface area contributed by atoms with E-state index in [0.29, 0.717) is 12.1 Å². The van der Waals surface area contributed by atoms with Crippen molar-refractivity contribution in [1.82, 2.24) is 9.88 Å². The maximum Gasteiger partial charge on any atom is 0.255 e. The predicted molar refractivity (Wildman–Crippen MR) is 91.4 cm³/mol. The number of primary amides is 1. The van der Waals surface area contributed by atoms with Crippen molar-refractivity contribution < 1.29 is 9.59 Å². The Labute approximate surface area is 139 Å². The molecule has 2 heterocycles. The number of nitrogens with zero attached hydrogens (tertiary/aromatic N) is 1. The number of carbonyl (C=O) groups is 2. The van der Waals surface area contributed by atoms with Gasteiger partial charge < -0.3 is 15.6 Å². The molecule has 0 saturated heterocycles. The van der Waals surface area contributed by atoms with Crippen LogP contribution in [-0.4, -0.2) is 28.2 Å². The number of fused-ring (bicyclic) bond motifs is 2. The van der Waals surface area contributed by atoms with Gasteiger partial charge in [0.05, 0.1) is 6.04 Å². The lowest BCUT2D eigenvalue weighted by atomic mass is 9.97. The van der Waals surface area contributed by atoms with Crippen molar-refractivity contribution in [2.45, 2.75) is 12.5 Å². The molecular weight excluding hydrogens is 302 g/mol. The lowest BCUT2D eigenvalue weighted by Crippen LogP contribution is -2.32. The summed E-state index contributed by atoms with van der Waals surface area (Å²) in [5.74, 6) is -0.460. The Balaban J connectivity index is 1.85. The summed E-state index contributed by atoms with van der Waals surface area (Å²) in [6.07, 6.45) is 2.10. The van der Waals surface area contributed by atoms with Crippen molar-refractivity contribution in [2.75, 3.05) is 6.54 Å². The molecule has 1 aliphatic rings. The Hall–Kier alpha value is -3.08. The quantitative estimate of drug-likeness (QED) is 0.775. The minimum absolute atomic E-state index is 0.0536. The number of hydrogen-bond acceptors (Lipinski definition) is 2. The Bertz CT molecular complexity index is 944. The molecule has 0 aliphatic carbocycles. The van der Waals surface area contributed by atoms with Gasteiger partial charge in [-0.05, 0) is 17.7 Å². The smallest absolute Gasteiger partial charge is 0.255 e. The van der Waals surface area contributed by atoms with E-state index in [0.717, 1.165) is 22.0 Å². The van der Waals surface area contributed by atoms with E-state index in [9.17, 15) is 9.59 Å². The number of rotatable bonds is 4. The number of H-pyrrole nitrogens is 1. The summed E-state index contributed by atoms with van der Waals surface area (Å²) < 4.78 is 0. The van der Waals surface area contributed by atoms with Crippen molar-refractivity contribution in [3.63, 3.8) is 0 Å². The van der Waals surface area contributed by atoms with Crippen LogP contribution < -0.4 is 5.73 Å². The lowest BCUT2D eigenvalue weighted by molar-refractivity contribution is -0.118. The molecular formula is C19H17N3O2. The molecule has 0 fully saturated rings. The molecule has 1 aliphatic heterocycles. The number of hydrogen-bond donors (Lipinski definition) is 2. The summed E-state index contributed by atoms with van der Waals surface area (Å²) in [6, 6.07) is 15.4. The Kier molecular flexibility index (Phi) is 3.34. The van der Waals surface area contributed by atoms with Gasteiger partial charge in [-0.15, -0.1) is 0 Å². The van der Waals surface area contributed by atoms with Gasteiger partial charge in [-0.2, -0.15) is 0 Å². The van der Waals surface area contributed by atoms with Crippen LogP contribution in [0.4, 0.5) is 0 Å². The standard InChI is InChI=1S/C19H17N3O2/c20-17(23)9-10-22-18(13-6-1-2-7-14(13)19(22)24)15-11-21-16-8-4-3-5-12(15)16/h1-8,11,18,21H,9-10H2,(H2,20,23). The fraction of sp³-hybridized carbons (Fsp3) is 0.158. The Morgan fingerprint density at radius 2 is 1.83 bits per heavy atom. The van der Waals surface area contributed by atoms with Gasteiger partial charge >= 0.3 is 0 Å². The Morgan fingerprint density at radius 1 is 1.08 bits per heavy atom. The monoisotopic (exact) mass is 319 g/mol. The van der Waals surface area contributed by atoms with Crippen molar-refractivity contribution in [3.05, 3.63) is 71.4 Å². The van der Waals surface area contributed by atoms with E-state index < -0.39 is 5.91 Å². The van der Waals surface area contributed by atoms with Gasteiger partial charge in [-0.3, -0.25) is 9.59 Å². The van der Waals surface area contributed by atoms with Gasteiger partial charge in [0.1, 0.15) is 0 Å². The molecule has 3 N–H and O–H groups in total. The molecule has 120 valence electrons. The van der Waals surface area contributed by atoms with Gasteiger partial charge in [0.25, 0.3) is 5.91 Å². The molecule has 4 rings (SSSR count). The SMILES string of the molecule is NC(=O)CCN1C(=O)c2ccccc2C1c1c[nH]c2ccccc12. The van der Waals surface area contributed by atoms with Crippen LogP contribution in [-0.2, 0) is 4.79 Å². The third kappa shape index (κ3) is 2.17. The average Bonchev–Trinajstić information content (AvgIpc) is 3.12. The highest BCUT2D eigenvalue weighted by molar-refractivity contribution is 6.01. The van der Waals surface area contributed by atoms with Crippen LogP contribution >= 0.6 is 0 Å². The fourth-order valence-electron chi connectivity index (χ4n) is 3.49. The summed E-state index contributed by atoms with van der Waals surface area (Å²) in [4.78, 5) is 29.0. The average molecular weight is 319 g/mol. The number of nitrogens with one attached hydrogen (secondary N) is 1. The zero-order valence-corrected chi connectivity index (χ0v) is 13.0. The van der Waals surface area contributed by atoms with Crippen LogP contribution in [0.1, 0.15) is 33.9 Å². The van der Waals surface area contributed by atoms with E-state index in [1.807, 2.05) is 54.7 Å². The second-order valence-electron chi connectivity index (χ2n) is 5.99. The number of aromatic nitrogens is 1. The molecule has 2 amide bonds. The normalized spacial score (nSPS) is 16.6. The third-order valence-corrected chi connectivity index (χ3v) is 4.57. The molecule has 1 unspecified atom stereocenters. The second kappa shape index (κ2) is 5.53. The van der Waals surface area contributed by atoms with Crippen LogP contribution in [0.25, 0.3) is 10.9 Å². The molecule has 0 saturated carbocycles. The first-order chi connectivity index (χ1) is 11.7. The first-order valence-electron chi connectivity index (χ1n) is 7.91. The van der Waals surface area contributed by atoms with Crippen LogP contribution in [0.5, 0.6) is 0 Å². The third-order valence-electron chi connectivity index (χ3n) is 4.57. The van der Waals surface area contributed by atoms with Crippen molar-refractivity contribution in [2.24, 2.45) is 5.73 Å². The molecule has 24 heavy (non-hydrogen) atoms. The summed E-state index contributed by atoms with van der Waals surface area (Å²) in [5.41, 5.74) is 9.02. The molecule has 5 heteroatoms. The predicted octanol–water partition coefficient (Wildman–Crippen LogP) is 2.59. The largest absolute Gasteiger partial charge is 0.370 e. The van der Waals surface area contributed by atoms with Crippen molar-refractivity contribution in [3.8, 4) is 0 Å². The molecule has 0 radical (unpaired) electrons. The van der Waals surface area contributed by atoms with Crippen molar-refractivity contribution >= 4 is 22.7 Å². The van der Waals surface area contributed by atoms with Gasteiger partial charge in [-0.1, -0.05) is 36.4 Å². The summed E-state index contributed by atoms with van der Waals surface area (Å²) >= 11 is 0. The molecule has 5 nitrogen and oxygen atoms in total. The minimum Gasteiger partial charge on any atom is -0.370 e. The van der Waals surface area contributed by atoms with E-state index in [1.165, 1.54) is 0 Å². The molecule has 1 aromatic heterocycles. The van der Waals surface area contributed by atoms with Gasteiger partial charge in [-0.25, -0.2) is 0 Å². The maximum absolute atomic E-state index is 12.8. The van der Waals surface area contributed by atoms with Crippen LogP contribution in [0, 0.1) is 0 Å². The zero-order chi connectivity index (χ0) is 16.7. The maximum atomic E-state index is 12.8. The number of amides is 2. The first-order valence-corrected chi connectivity index (χ1v) is 7.91. The van der Waals surface area contributed by atoms with Crippen LogP contribution in [0.3, 0.4) is 0 Å². The highest BCUT2D eigenvalue weighted by Gasteiger charge is 2.38. The molecule has 1 atom stereocenters. The number of para-hydroxylation sites is 1. The van der Waals surface area contributed by atoms with Gasteiger partial charge in [0.15, 0.2) is 0 Å².